The Labute approximate surface area is 142 Å². The molecular formula is C18H23N3O3. The summed E-state index contributed by atoms with van der Waals surface area (Å²) in [6, 6.07) is 10.7. The molecular weight excluding hydrogens is 306 g/mol. The maximum atomic E-state index is 11.2. The largest absolute Gasteiger partial charge is 0.494 e. The second kappa shape index (κ2) is 8.29. The van der Waals surface area contributed by atoms with Crippen molar-refractivity contribution >= 4 is 11.5 Å². The zero-order valence-electron chi connectivity index (χ0n) is 14.2. The second-order valence-electron chi connectivity index (χ2n) is 5.93. The minimum absolute atomic E-state index is 0.0276. The fourth-order valence-electron chi connectivity index (χ4n) is 2.61. The molecule has 0 spiro atoms. The van der Waals surface area contributed by atoms with E-state index in [1.165, 1.54) is 6.07 Å². The van der Waals surface area contributed by atoms with Crippen molar-refractivity contribution in [3.8, 4) is 5.75 Å². The molecule has 0 saturated heterocycles. The van der Waals surface area contributed by atoms with Crippen molar-refractivity contribution in [2.45, 2.75) is 33.2 Å². The van der Waals surface area contributed by atoms with E-state index in [9.17, 15) is 10.1 Å². The van der Waals surface area contributed by atoms with E-state index in [0.717, 1.165) is 17.7 Å². The summed E-state index contributed by atoms with van der Waals surface area (Å²) >= 11 is 0. The molecule has 24 heavy (non-hydrogen) atoms. The van der Waals surface area contributed by atoms with Gasteiger partial charge in [0.05, 0.1) is 17.6 Å². The molecule has 1 aromatic carbocycles. The van der Waals surface area contributed by atoms with Crippen molar-refractivity contribution in [3.63, 3.8) is 0 Å². The predicted molar refractivity (Wildman–Crippen MR) is 94.3 cm³/mol. The molecule has 0 aliphatic carbocycles. The average molecular weight is 329 g/mol. The van der Waals surface area contributed by atoms with Crippen molar-refractivity contribution < 1.29 is 9.66 Å². The van der Waals surface area contributed by atoms with Gasteiger partial charge in [-0.1, -0.05) is 32.0 Å². The molecule has 0 amide bonds. The van der Waals surface area contributed by atoms with Gasteiger partial charge in [-0.05, 0) is 31.4 Å². The Kier molecular flexibility index (Phi) is 6.12. The Morgan fingerprint density at radius 1 is 1.25 bits per heavy atom. The number of nitro groups is 1. The minimum atomic E-state index is -0.420. The summed E-state index contributed by atoms with van der Waals surface area (Å²) in [5.74, 6) is 1.47. The smallest absolute Gasteiger partial charge is 0.311 e. The van der Waals surface area contributed by atoms with Crippen LogP contribution in [0.1, 0.15) is 38.8 Å². The van der Waals surface area contributed by atoms with Crippen LogP contribution in [0.5, 0.6) is 5.75 Å². The van der Waals surface area contributed by atoms with E-state index in [0.29, 0.717) is 12.5 Å². The zero-order valence-corrected chi connectivity index (χ0v) is 14.2. The first-order valence-corrected chi connectivity index (χ1v) is 8.10. The lowest BCUT2D eigenvalue weighted by Crippen LogP contribution is -2.16. The molecule has 0 aliphatic heterocycles. The van der Waals surface area contributed by atoms with Crippen LogP contribution in [-0.4, -0.2) is 16.5 Å². The standard InChI is InChI=1S/C18H23N3O3/c1-4-24-17-10-6-5-8-14(17)15(12-13(2)3)20-18-16(21(22)23)9-7-11-19-18/h5-11,13,15H,4,12H2,1-3H3,(H,19,20). The molecule has 1 heterocycles. The topological polar surface area (TPSA) is 77.3 Å². The number of anilines is 1. The highest BCUT2D eigenvalue weighted by molar-refractivity contribution is 5.57. The minimum Gasteiger partial charge on any atom is -0.494 e. The Hall–Kier alpha value is -2.63. The molecule has 1 unspecified atom stereocenters. The molecule has 1 N–H and O–H groups in total. The van der Waals surface area contributed by atoms with Gasteiger partial charge in [0.2, 0.25) is 5.82 Å². The lowest BCUT2D eigenvalue weighted by atomic mass is 9.96. The number of rotatable bonds is 8. The number of hydrogen-bond donors (Lipinski definition) is 1. The van der Waals surface area contributed by atoms with Gasteiger partial charge >= 0.3 is 5.69 Å². The molecule has 1 atom stereocenters. The van der Waals surface area contributed by atoms with Crippen LogP contribution >= 0.6 is 0 Å². The third kappa shape index (κ3) is 4.44. The third-order valence-electron chi connectivity index (χ3n) is 3.60. The van der Waals surface area contributed by atoms with Gasteiger partial charge in [0.15, 0.2) is 0 Å². The van der Waals surface area contributed by atoms with E-state index in [1.807, 2.05) is 31.2 Å². The van der Waals surface area contributed by atoms with Crippen molar-refractivity contribution in [1.29, 1.82) is 0 Å². The third-order valence-corrected chi connectivity index (χ3v) is 3.60. The molecule has 2 rings (SSSR count). The van der Waals surface area contributed by atoms with Gasteiger partial charge in [-0.15, -0.1) is 0 Å². The highest BCUT2D eigenvalue weighted by atomic mass is 16.6. The summed E-state index contributed by atoms with van der Waals surface area (Å²) < 4.78 is 5.72. The first-order chi connectivity index (χ1) is 11.5. The van der Waals surface area contributed by atoms with Crippen LogP contribution in [0.15, 0.2) is 42.6 Å². The van der Waals surface area contributed by atoms with E-state index in [-0.39, 0.29) is 17.5 Å². The number of nitrogens with one attached hydrogen (secondary N) is 1. The zero-order chi connectivity index (χ0) is 17.5. The molecule has 0 saturated carbocycles. The molecule has 2 aromatic rings. The van der Waals surface area contributed by atoms with Crippen LogP contribution in [-0.2, 0) is 0 Å². The van der Waals surface area contributed by atoms with Gasteiger partial charge in [-0.2, -0.15) is 0 Å². The summed E-state index contributed by atoms with van der Waals surface area (Å²) in [6.07, 6.45) is 2.36. The number of aromatic nitrogens is 1. The summed E-state index contributed by atoms with van der Waals surface area (Å²) in [7, 11) is 0. The van der Waals surface area contributed by atoms with Gasteiger partial charge in [-0.25, -0.2) is 4.98 Å². The van der Waals surface area contributed by atoms with Gasteiger partial charge < -0.3 is 10.1 Å². The molecule has 0 bridgehead atoms. The number of hydrogen-bond acceptors (Lipinski definition) is 5. The lowest BCUT2D eigenvalue weighted by Gasteiger charge is -2.23. The van der Waals surface area contributed by atoms with Crippen LogP contribution < -0.4 is 10.1 Å². The van der Waals surface area contributed by atoms with Gasteiger partial charge in [-0.3, -0.25) is 10.1 Å². The lowest BCUT2D eigenvalue weighted by molar-refractivity contribution is -0.384. The van der Waals surface area contributed by atoms with Crippen LogP contribution in [0.4, 0.5) is 11.5 Å². The highest BCUT2D eigenvalue weighted by Gasteiger charge is 2.22. The van der Waals surface area contributed by atoms with Crippen molar-refractivity contribution in [3.05, 3.63) is 58.3 Å². The van der Waals surface area contributed by atoms with Crippen LogP contribution in [0.2, 0.25) is 0 Å². The number of benzene rings is 1. The first kappa shape index (κ1) is 17.7. The SMILES string of the molecule is CCOc1ccccc1C(CC(C)C)Nc1ncccc1[N+](=O)[O-]. The second-order valence-corrected chi connectivity index (χ2v) is 5.93. The molecule has 0 fully saturated rings. The predicted octanol–water partition coefficient (Wildman–Crippen LogP) is 4.59. The normalized spacial score (nSPS) is 12.0. The number of ether oxygens (including phenoxy) is 1. The van der Waals surface area contributed by atoms with E-state index < -0.39 is 4.92 Å². The Morgan fingerprint density at radius 2 is 2.00 bits per heavy atom. The highest BCUT2D eigenvalue weighted by Crippen LogP contribution is 2.34. The van der Waals surface area contributed by atoms with Crippen LogP contribution in [0, 0.1) is 16.0 Å². The number of para-hydroxylation sites is 1. The summed E-state index contributed by atoms with van der Waals surface area (Å²) in [5.41, 5.74) is 0.952. The van der Waals surface area contributed by atoms with E-state index in [2.05, 4.69) is 24.1 Å². The molecule has 0 aliphatic rings. The molecule has 6 heteroatoms. The van der Waals surface area contributed by atoms with Crippen LogP contribution in [0.3, 0.4) is 0 Å². The Balaban J connectivity index is 2.39. The number of pyridine rings is 1. The van der Waals surface area contributed by atoms with Gasteiger partial charge in [0.25, 0.3) is 0 Å². The molecule has 128 valence electrons. The molecule has 6 nitrogen and oxygen atoms in total. The van der Waals surface area contributed by atoms with Crippen molar-refractivity contribution in [2.75, 3.05) is 11.9 Å². The summed E-state index contributed by atoms with van der Waals surface area (Å²) in [6.45, 7) is 6.73. The monoisotopic (exact) mass is 329 g/mol. The van der Waals surface area contributed by atoms with Crippen molar-refractivity contribution in [2.24, 2.45) is 5.92 Å². The maximum absolute atomic E-state index is 11.2. The van der Waals surface area contributed by atoms with E-state index >= 15 is 0 Å². The van der Waals surface area contributed by atoms with E-state index in [1.54, 1.807) is 12.3 Å². The summed E-state index contributed by atoms with van der Waals surface area (Å²) in [5, 5.41) is 14.5. The Bertz CT molecular complexity index is 689. The molecule has 1 aromatic heterocycles. The van der Waals surface area contributed by atoms with E-state index in [4.69, 9.17) is 4.74 Å². The fraction of sp³-hybridized carbons (Fsp3) is 0.389. The van der Waals surface area contributed by atoms with Gasteiger partial charge in [0, 0.05) is 17.8 Å². The van der Waals surface area contributed by atoms with Crippen LogP contribution in [0.25, 0.3) is 0 Å². The quantitative estimate of drug-likeness (QED) is 0.566. The molecule has 0 radical (unpaired) electrons. The summed E-state index contributed by atoms with van der Waals surface area (Å²) in [4.78, 5) is 15.0. The fourth-order valence-corrected chi connectivity index (χ4v) is 2.61. The average Bonchev–Trinajstić information content (AvgIpc) is 2.55. The Morgan fingerprint density at radius 3 is 2.67 bits per heavy atom. The first-order valence-electron chi connectivity index (χ1n) is 8.10. The number of nitrogens with zero attached hydrogens (tertiary/aromatic N) is 2. The maximum Gasteiger partial charge on any atom is 0.311 e. The van der Waals surface area contributed by atoms with Crippen molar-refractivity contribution in [1.82, 2.24) is 4.98 Å². The van der Waals surface area contributed by atoms with Gasteiger partial charge in [0.1, 0.15) is 5.75 Å².